The molecule has 0 saturated heterocycles. The lowest BCUT2D eigenvalue weighted by atomic mass is 10.2. The summed E-state index contributed by atoms with van der Waals surface area (Å²) in [5, 5.41) is 18.8. The fourth-order valence-electron chi connectivity index (χ4n) is 2.45. The summed E-state index contributed by atoms with van der Waals surface area (Å²) in [7, 11) is 0. The van der Waals surface area contributed by atoms with Crippen molar-refractivity contribution < 1.29 is 9.52 Å². The second-order valence-electron chi connectivity index (χ2n) is 5.45. The lowest BCUT2D eigenvalue weighted by Gasteiger charge is -2.06. The Morgan fingerprint density at radius 1 is 1.08 bits per heavy atom. The van der Waals surface area contributed by atoms with Crippen LogP contribution in [0.4, 0.5) is 0 Å². The van der Waals surface area contributed by atoms with Gasteiger partial charge in [0.1, 0.15) is 4.70 Å². The van der Waals surface area contributed by atoms with E-state index in [2.05, 4.69) is 10.6 Å². The number of hydrogen-bond acceptors (Lipinski definition) is 4. The number of thiazole rings is 1. The maximum atomic E-state index is 12.1. The molecular formula is C18H19N3O2S. The van der Waals surface area contributed by atoms with E-state index in [0.717, 1.165) is 15.0 Å². The van der Waals surface area contributed by atoms with E-state index in [9.17, 15) is 10.0 Å². The summed E-state index contributed by atoms with van der Waals surface area (Å²) in [6, 6.07) is 17.5. The first kappa shape index (κ1) is 16.4. The molecule has 5 nitrogen and oxygen atoms in total. The van der Waals surface area contributed by atoms with Crippen molar-refractivity contribution in [2.75, 3.05) is 13.1 Å². The minimum absolute atomic E-state index is 0.0653. The molecule has 0 aliphatic carbocycles. The number of carbonyl (C=O) groups is 1. The summed E-state index contributed by atoms with van der Waals surface area (Å²) in [5.41, 5.74) is 1.83. The Hall–Kier alpha value is -2.44. The second kappa shape index (κ2) is 7.90. The Bertz CT molecular complexity index is 818. The van der Waals surface area contributed by atoms with Crippen LogP contribution >= 0.6 is 11.3 Å². The number of nitrogens with one attached hydrogen (secondary N) is 2. The Balaban J connectivity index is 1.42. The minimum atomic E-state index is -0.0653. The molecule has 0 radical (unpaired) electrons. The highest BCUT2D eigenvalue weighted by molar-refractivity contribution is 7.18. The Morgan fingerprint density at radius 2 is 1.83 bits per heavy atom. The van der Waals surface area contributed by atoms with Crippen molar-refractivity contribution in [2.45, 2.75) is 13.0 Å². The van der Waals surface area contributed by atoms with Gasteiger partial charge in [0.05, 0.1) is 13.0 Å². The number of benzene rings is 2. The number of amides is 1. The number of carbonyl (C=O) groups excluding carboxylic acids is 1. The van der Waals surface area contributed by atoms with Crippen molar-refractivity contribution in [1.82, 2.24) is 10.6 Å². The zero-order valence-electron chi connectivity index (χ0n) is 13.2. The van der Waals surface area contributed by atoms with Crippen LogP contribution in [0.25, 0.3) is 10.2 Å². The lowest BCUT2D eigenvalue weighted by Crippen LogP contribution is -2.36. The van der Waals surface area contributed by atoms with Gasteiger partial charge in [-0.2, -0.15) is 4.73 Å². The summed E-state index contributed by atoms with van der Waals surface area (Å²) >= 11 is 1.47. The number of aromatic nitrogens is 1. The zero-order chi connectivity index (χ0) is 16.8. The molecule has 0 saturated carbocycles. The lowest BCUT2D eigenvalue weighted by molar-refractivity contribution is -0.580. The first-order chi connectivity index (χ1) is 11.7. The smallest absolute Gasteiger partial charge is 0.251 e. The monoisotopic (exact) mass is 341 g/mol. The molecule has 1 heterocycles. The van der Waals surface area contributed by atoms with Crippen LogP contribution < -0.4 is 15.4 Å². The fraction of sp³-hybridized carbons (Fsp3) is 0.222. The van der Waals surface area contributed by atoms with Crippen molar-refractivity contribution in [3.05, 3.63) is 70.4 Å². The van der Waals surface area contributed by atoms with E-state index in [1.54, 1.807) is 0 Å². The van der Waals surface area contributed by atoms with Crippen molar-refractivity contribution in [3.8, 4) is 0 Å². The van der Waals surface area contributed by atoms with Crippen molar-refractivity contribution >= 4 is 27.5 Å². The van der Waals surface area contributed by atoms with Crippen LogP contribution in [0, 0.1) is 5.21 Å². The highest BCUT2D eigenvalue weighted by Crippen LogP contribution is 2.19. The van der Waals surface area contributed by atoms with Gasteiger partial charge in [-0.3, -0.25) is 4.79 Å². The van der Waals surface area contributed by atoms with E-state index in [1.807, 2.05) is 54.6 Å². The third-order valence-corrected chi connectivity index (χ3v) is 4.83. The molecule has 0 bridgehead atoms. The van der Waals surface area contributed by atoms with Gasteiger partial charge in [-0.15, -0.1) is 0 Å². The number of fused-ring (bicyclic) bond motifs is 1. The van der Waals surface area contributed by atoms with Gasteiger partial charge in [0.2, 0.25) is 11.4 Å². The molecule has 2 aromatic carbocycles. The molecule has 0 aliphatic rings. The SMILES string of the molecule is O=C(CNCc1ccccc1)NCCc1sc2ccccc2[n+]1[O-]. The topological polar surface area (TPSA) is 68.1 Å². The van der Waals surface area contributed by atoms with Gasteiger partial charge in [0.25, 0.3) is 5.01 Å². The maximum absolute atomic E-state index is 12.1. The molecule has 1 aromatic heterocycles. The van der Waals surface area contributed by atoms with Crippen LogP contribution in [0.1, 0.15) is 10.6 Å². The first-order valence-corrected chi connectivity index (χ1v) is 8.67. The summed E-state index contributed by atoms with van der Waals surface area (Å²) in [6.45, 7) is 1.38. The maximum Gasteiger partial charge on any atom is 0.251 e. The van der Waals surface area contributed by atoms with Crippen molar-refractivity contribution in [1.29, 1.82) is 0 Å². The minimum Gasteiger partial charge on any atom is -0.617 e. The molecule has 6 heteroatoms. The molecular weight excluding hydrogens is 322 g/mol. The van der Waals surface area contributed by atoms with Crippen LogP contribution in [0.15, 0.2) is 54.6 Å². The highest BCUT2D eigenvalue weighted by Gasteiger charge is 2.14. The van der Waals surface area contributed by atoms with Gasteiger partial charge in [0.15, 0.2) is 0 Å². The molecule has 0 unspecified atom stereocenters. The van der Waals surface area contributed by atoms with Gasteiger partial charge >= 0.3 is 0 Å². The number of rotatable bonds is 7. The van der Waals surface area contributed by atoms with Gasteiger partial charge < -0.3 is 15.8 Å². The van der Waals surface area contributed by atoms with Gasteiger partial charge in [-0.05, 0) is 11.6 Å². The summed E-state index contributed by atoms with van der Waals surface area (Å²) in [6.07, 6.45) is 0.535. The molecule has 0 fully saturated rings. The van der Waals surface area contributed by atoms with Gasteiger partial charge in [0, 0.05) is 19.2 Å². The normalized spacial score (nSPS) is 10.8. The van der Waals surface area contributed by atoms with E-state index in [-0.39, 0.29) is 12.5 Å². The zero-order valence-corrected chi connectivity index (χ0v) is 14.0. The molecule has 3 aromatic rings. The Labute approximate surface area is 144 Å². The Morgan fingerprint density at radius 3 is 2.62 bits per heavy atom. The number of hydrogen-bond donors (Lipinski definition) is 2. The molecule has 0 spiro atoms. The van der Waals surface area contributed by atoms with E-state index in [0.29, 0.717) is 30.0 Å². The summed E-state index contributed by atoms with van der Waals surface area (Å²) in [4.78, 5) is 11.8. The molecule has 0 atom stereocenters. The first-order valence-electron chi connectivity index (χ1n) is 7.85. The van der Waals surface area contributed by atoms with Crippen LogP contribution in [0.2, 0.25) is 0 Å². The number of nitrogens with zero attached hydrogens (tertiary/aromatic N) is 1. The molecule has 1 amide bonds. The third-order valence-electron chi connectivity index (χ3n) is 3.66. The largest absolute Gasteiger partial charge is 0.617 e. The van der Waals surface area contributed by atoms with E-state index in [4.69, 9.17) is 0 Å². The molecule has 0 aliphatic heterocycles. The van der Waals surface area contributed by atoms with Crippen molar-refractivity contribution in [3.63, 3.8) is 0 Å². The molecule has 124 valence electrons. The molecule has 2 N–H and O–H groups in total. The second-order valence-corrected chi connectivity index (χ2v) is 6.56. The van der Waals surface area contributed by atoms with Crippen LogP contribution in [-0.2, 0) is 17.8 Å². The molecule has 3 rings (SSSR count). The summed E-state index contributed by atoms with van der Waals surface area (Å²) < 4.78 is 1.93. The van der Waals surface area contributed by atoms with Crippen LogP contribution in [0.3, 0.4) is 0 Å². The average Bonchev–Trinajstić information content (AvgIpc) is 2.92. The number of para-hydroxylation sites is 1. The van der Waals surface area contributed by atoms with E-state index in [1.165, 1.54) is 11.3 Å². The summed E-state index contributed by atoms with van der Waals surface area (Å²) in [5.74, 6) is -0.0653. The fourth-order valence-corrected chi connectivity index (χ4v) is 3.50. The standard InChI is InChI=1S/C18H19N3O2S/c22-17(13-19-12-14-6-2-1-3-7-14)20-11-10-18-21(23)15-8-4-5-9-16(15)24-18/h1-9,19H,10-13H2,(H,20,22). The predicted octanol–water partition coefficient (Wildman–Crippen LogP) is 1.98. The predicted molar refractivity (Wildman–Crippen MR) is 95.6 cm³/mol. The third kappa shape index (κ3) is 4.10. The van der Waals surface area contributed by atoms with Crippen LogP contribution in [-0.4, -0.2) is 19.0 Å². The molecule has 24 heavy (non-hydrogen) atoms. The highest BCUT2D eigenvalue weighted by atomic mass is 32.1. The van der Waals surface area contributed by atoms with Gasteiger partial charge in [-0.1, -0.05) is 53.8 Å². The van der Waals surface area contributed by atoms with Crippen molar-refractivity contribution in [2.24, 2.45) is 0 Å². The Kier molecular flexibility index (Phi) is 5.40. The van der Waals surface area contributed by atoms with Crippen LogP contribution in [0.5, 0.6) is 0 Å². The average molecular weight is 341 g/mol. The van der Waals surface area contributed by atoms with E-state index < -0.39 is 0 Å². The van der Waals surface area contributed by atoms with Gasteiger partial charge in [-0.25, -0.2) is 0 Å². The quantitative estimate of drug-likeness (QED) is 0.510. The van der Waals surface area contributed by atoms with E-state index >= 15 is 0 Å².